The fourth-order valence-electron chi connectivity index (χ4n) is 2.72. The van der Waals surface area contributed by atoms with Crippen LogP contribution in [0.4, 0.5) is 0 Å². The van der Waals surface area contributed by atoms with Crippen LogP contribution in [0.1, 0.15) is 13.2 Å². The molecule has 0 radical (unpaired) electrons. The molecule has 3 N–H and O–H groups in total. The third-order valence-corrected chi connectivity index (χ3v) is 5.39. The Kier molecular flexibility index (Phi) is 5.85. The van der Waals surface area contributed by atoms with Gasteiger partial charge in [0.1, 0.15) is 24.4 Å². The van der Waals surface area contributed by atoms with Gasteiger partial charge < -0.3 is 14.9 Å². The number of ether oxygens (including phenoxy) is 1. The van der Waals surface area contributed by atoms with Crippen molar-refractivity contribution in [1.29, 1.82) is 0 Å². The Hall–Kier alpha value is -1.94. The van der Waals surface area contributed by atoms with Crippen molar-refractivity contribution < 1.29 is 24.0 Å². The van der Waals surface area contributed by atoms with Gasteiger partial charge in [-0.1, -0.05) is 18.2 Å². The standard InChI is InChI=1S/C16H17N2O7PS/c1-16(22)13(20)11(9-23-26(27)25-10-5-3-2-4-6-10)24-14(16)18-8-7-12(19)17-15(18)21/h2-8,11,13-14,20,22H,9H2,1H3/p+1. The van der Waals surface area contributed by atoms with Crippen LogP contribution in [0.2, 0.25) is 0 Å². The molecule has 1 fully saturated rings. The summed E-state index contributed by atoms with van der Waals surface area (Å²) in [5.74, 6) is 0.552. The molecular formula is C16H18N2O7PS+. The molecule has 1 aromatic heterocycles. The maximum atomic E-state index is 12.0. The van der Waals surface area contributed by atoms with E-state index in [1.165, 1.54) is 13.1 Å². The number of H-pyrrole nitrogens is 1. The molecule has 0 aliphatic carbocycles. The number of aromatic amines is 1. The number of para-hydroxylation sites is 1. The average Bonchev–Trinajstić information content (AvgIpc) is 2.84. The van der Waals surface area contributed by atoms with Gasteiger partial charge in [0.05, 0.1) is 0 Å². The molecule has 11 heteroatoms. The van der Waals surface area contributed by atoms with E-state index in [2.05, 4.69) is 4.98 Å². The summed E-state index contributed by atoms with van der Waals surface area (Å²) in [5, 5.41) is 21.0. The smallest absolute Gasteiger partial charge is 0.387 e. The predicted molar refractivity (Wildman–Crippen MR) is 99.2 cm³/mol. The zero-order valence-electron chi connectivity index (χ0n) is 14.2. The first-order valence-corrected chi connectivity index (χ1v) is 10.2. The highest BCUT2D eigenvalue weighted by Crippen LogP contribution is 2.38. The summed E-state index contributed by atoms with van der Waals surface area (Å²) >= 11 is 5.13. The predicted octanol–water partition coefficient (Wildman–Crippen LogP) is 0.415. The van der Waals surface area contributed by atoms with Gasteiger partial charge in [-0.25, -0.2) is 4.79 Å². The van der Waals surface area contributed by atoms with Crippen molar-refractivity contribution in [2.45, 2.75) is 31.0 Å². The van der Waals surface area contributed by atoms with Gasteiger partial charge in [0, 0.05) is 12.3 Å². The highest BCUT2D eigenvalue weighted by molar-refractivity contribution is 8.00. The number of aliphatic hydroxyl groups excluding tert-OH is 1. The molecule has 27 heavy (non-hydrogen) atoms. The zero-order valence-corrected chi connectivity index (χ0v) is 15.9. The molecule has 5 atom stereocenters. The van der Waals surface area contributed by atoms with Crippen molar-refractivity contribution in [3.63, 3.8) is 0 Å². The highest BCUT2D eigenvalue weighted by Gasteiger charge is 2.54. The van der Waals surface area contributed by atoms with E-state index in [1.807, 2.05) is 6.07 Å². The van der Waals surface area contributed by atoms with Crippen molar-refractivity contribution in [2.24, 2.45) is 0 Å². The lowest BCUT2D eigenvalue weighted by Gasteiger charge is -2.27. The molecule has 2 aromatic rings. The van der Waals surface area contributed by atoms with E-state index < -0.39 is 42.4 Å². The Labute approximate surface area is 159 Å². The molecule has 3 rings (SSSR count). The van der Waals surface area contributed by atoms with Crippen LogP contribution in [0.5, 0.6) is 5.75 Å². The lowest BCUT2D eigenvalue weighted by Crippen LogP contribution is -2.46. The zero-order chi connectivity index (χ0) is 19.6. The van der Waals surface area contributed by atoms with E-state index in [9.17, 15) is 19.8 Å². The van der Waals surface area contributed by atoms with Crippen LogP contribution in [-0.2, 0) is 21.1 Å². The Morgan fingerprint density at radius 1 is 1.33 bits per heavy atom. The van der Waals surface area contributed by atoms with Crippen LogP contribution in [0.25, 0.3) is 0 Å². The second kappa shape index (κ2) is 7.97. The summed E-state index contributed by atoms with van der Waals surface area (Å²) in [6, 6.07) is 10.0. The number of nitrogens with zero attached hydrogens (tertiary/aromatic N) is 1. The van der Waals surface area contributed by atoms with Gasteiger partial charge in [-0.05, 0) is 19.1 Å². The summed E-state index contributed by atoms with van der Waals surface area (Å²) in [5.41, 5.74) is -3.13. The normalized spacial score (nSPS) is 28.1. The number of hydrogen-bond donors (Lipinski definition) is 3. The lowest BCUT2D eigenvalue weighted by molar-refractivity contribution is -0.0983. The second-order valence-electron chi connectivity index (χ2n) is 6.14. The third kappa shape index (κ3) is 4.32. The number of benzene rings is 1. The molecule has 2 heterocycles. The maximum Gasteiger partial charge on any atom is 0.573 e. The van der Waals surface area contributed by atoms with Crippen LogP contribution in [0.3, 0.4) is 0 Å². The van der Waals surface area contributed by atoms with E-state index in [-0.39, 0.29) is 6.61 Å². The first-order valence-electron chi connectivity index (χ1n) is 7.99. The average molecular weight is 413 g/mol. The molecule has 9 nitrogen and oxygen atoms in total. The Balaban J connectivity index is 1.68. The molecule has 0 amide bonds. The first kappa shape index (κ1) is 19.8. The van der Waals surface area contributed by atoms with Crippen LogP contribution in [0, 0.1) is 0 Å². The molecule has 1 aliphatic heterocycles. The molecule has 1 aromatic carbocycles. The minimum absolute atomic E-state index is 0.145. The minimum atomic E-state index is -1.79. The van der Waals surface area contributed by atoms with Crippen LogP contribution in [-0.4, -0.2) is 44.2 Å². The minimum Gasteiger partial charge on any atom is -0.387 e. The molecule has 144 valence electrons. The summed E-state index contributed by atoms with van der Waals surface area (Å²) in [7, 11) is -1.71. The number of aromatic nitrogens is 2. The molecule has 1 saturated heterocycles. The van der Waals surface area contributed by atoms with Gasteiger partial charge in [-0.15, -0.1) is 4.52 Å². The van der Waals surface area contributed by atoms with Gasteiger partial charge in [-0.3, -0.25) is 18.9 Å². The van der Waals surface area contributed by atoms with E-state index in [0.29, 0.717) is 5.75 Å². The fourth-order valence-corrected chi connectivity index (χ4v) is 3.77. The Morgan fingerprint density at radius 2 is 2.04 bits per heavy atom. The van der Waals surface area contributed by atoms with Gasteiger partial charge >= 0.3 is 12.8 Å². The van der Waals surface area contributed by atoms with Crippen molar-refractivity contribution in [3.8, 4) is 5.75 Å². The van der Waals surface area contributed by atoms with E-state index in [4.69, 9.17) is 25.6 Å². The fraction of sp³-hybridized carbons (Fsp3) is 0.375. The van der Waals surface area contributed by atoms with Crippen molar-refractivity contribution >= 4 is 19.0 Å². The van der Waals surface area contributed by atoms with E-state index >= 15 is 0 Å². The highest BCUT2D eigenvalue weighted by atomic mass is 32.4. The monoisotopic (exact) mass is 413 g/mol. The SMILES string of the molecule is CC1(O)C(O)C(CO[P+](=S)Oc2ccccc2)OC1n1ccc(=O)[nH]c1=O. The third-order valence-electron chi connectivity index (χ3n) is 4.13. The topological polar surface area (TPSA) is 123 Å². The lowest BCUT2D eigenvalue weighted by atomic mass is 9.96. The summed E-state index contributed by atoms with van der Waals surface area (Å²) in [6.07, 6.45) is -2.32. The first-order chi connectivity index (χ1) is 12.8. The quantitative estimate of drug-likeness (QED) is 0.582. The summed E-state index contributed by atoms with van der Waals surface area (Å²) in [6.45, 7) is 1.19. The van der Waals surface area contributed by atoms with Gasteiger partial charge in [0.15, 0.2) is 12.0 Å². The molecule has 0 spiro atoms. The van der Waals surface area contributed by atoms with Gasteiger partial charge in [0.2, 0.25) is 11.8 Å². The van der Waals surface area contributed by atoms with Crippen molar-refractivity contribution in [1.82, 2.24) is 9.55 Å². The number of rotatable bonds is 6. The Bertz CT molecular complexity index is 930. The molecule has 0 saturated carbocycles. The maximum absolute atomic E-state index is 12.0. The van der Waals surface area contributed by atoms with Gasteiger partial charge in [-0.2, -0.15) is 0 Å². The van der Waals surface area contributed by atoms with E-state index in [0.717, 1.165) is 10.6 Å². The summed E-state index contributed by atoms with van der Waals surface area (Å²) in [4.78, 5) is 25.3. The second-order valence-corrected chi connectivity index (χ2v) is 7.92. The molecular weight excluding hydrogens is 395 g/mol. The van der Waals surface area contributed by atoms with Crippen molar-refractivity contribution in [3.05, 3.63) is 63.4 Å². The number of nitrogens with one attached hydrogen (secondary N) is 1. The number of aliphatic hydroxyl groups is 2. The number of hydrogen-bond acceptors (Lipinski definition) is 8. The van der Waals surface area contributed by atoms with Crippen LogP contribution < -0.4 is 15.8 Å². The Morgan fingerprint density at radius 3 is 2.70 bits per heavy atom. The van der Waals surface area contributed by atoms with Crippen LogP contribution in [0.15, 0.2) is 52.2 Å². The van der Waals surface area contributed by atoms with Crippen LogP contribution >= 0.6 is 7.15 Å². The van der Waals surface area contributed by atoms with E-state index in [1.54, 1.807) is 24.3 Å². The summed E-state index contributed by atoms with van der Waals surface area (Å²) < 4.78 is 17.5. The molecule has 1 aliphatic rings. The van der Waals surface area contributed by atoms with Crippen molar-refractivity contribution in [2.75, 3.05) is 6.61 Å². The largest absolute Gasteiger partial charge is 0.573 e. The molecule has 5 unspecified atom stereocenters. The molecule has 0 bridgehead atoms. The van der Waals surface area contributed by atoms with Gasteiger partial charge in [0.25, 0.3) is 5.56 Å².